The average molecular weight is 407 g/mol. The largest absolute Gasteiger partial charge is 0.506 e. The van der Waals surface area contributed by atoms with Crippen molar-refractivity contribution in [3.8, 4) is 5.75 Å². The molecule has 0 radical (unpaired) electrons. The van der Waals surface area contributed by atoms with E-state index in [0.717, 1.165) is 4.90 Å². The number of thioether (sulfide) groups is 1. The topological polar surface area (TPSA) is 86.7 Å². The van der Waals surface area contributed by atoms with Crippen molar-refractivity contribution in [2.75, 3.05) is 11.9 Å². The molecule has 6 nitrogen and oxygen atoms in total. The number of benzene rings is 2. The molecule has 0 spiro atoms. The average Bonchev–Trinajstić information content (AvgIpc) is 2.88. The monoisotopic (exact) mass is 406 g/mol. The van der Waals surface area contributed by atoms with Crippen LogP contribution in [-0.2, 0) is 9.59 Å². The normalized spacial score (nSPS) is 15.5. The van der Waals surface area contributed by atoms with Crippen molar-refractivity contribution in [3.63, 3.8) is 0 Å². The number of nitrogens with one attached hydrogen (secondary N) is 1. The van der Waals surface area contributed by atoms with E-state index in [2.05, 4.69) is 5.32 Å². The first-order valence-electron chi connectivity index (χ1n) is 7.63. The Morgan fingerprint density at radius 2 is 2.00 bits per heavy atom. The summed E-state index contributed by atoms with van der Waals surface area (Å²) < 4.78 is 13.6. The molecule has 2 aromatic rings. The summed E-state index contributed by atoms with van der Waals surface area (Å²) in [5.41, 5.74) is 0.475. The fraction of sp³-hybridized carbons (Fsp3) is 0.0556. The molecule has 3 amide bonds. The molecule has 1 fully saturated rings. The number of hydrogen-bond donors (Lipinski definition) is 2. The number of carbonyl (C=O) groups excluding carboxylic acids is 3. The third-order valence-corrected chi connectivity index (χ3v) is 4.80. The fourth-order valence-electron chi connectivity index (χ4n) is 2.30. The highest BCUT2D eigenvalue weighted by Crippen LogP contribution is 2.33. The molecule has 0 aromatic heterocycles. The molecule has 2 aromatic carbocycles. The number of nitrogens with zero attached hydrogens (tertiary/aromatic N) is 1. The Kier molecular flexibility index (Phi) is 5.48. The zero-order valence-electron chi connectivity index (χ0n) is 13.6. The molecule has 0 atom stereocenters. The Labute approximate surface area is 162 Å². The number of imide groups is 1. The number of phenolic OH excluding ortho intramolecular Hbond substituents is 1. The summed E-state index contributed by atoms with van der Waals surface area (Å²) in [4.78, 5) is 37.4. The van der Waals surface area contributed by atoms with Gasteiger partial charge in [0.15, 0.2) is 0 Å². The lowest BCUT2D eigenvalue weighted by molar-refractivity contribution is -0.127. The highest BCUT2D eigenvalue weighted by Gasteiger charge is 2.36. The number of carbonyl (C=O) groups is 3. The Morgan fingerprint density at radius 1 is 1.26 bits per heavy atom. The van der Waals surface area contributed by atoms with Crippen LogP contribution in [0.5, 0.6) is 5.75 Å². The molecule has 2 N–H and O–H groups in total. The Hall–Kier alpha value is -2.84. The van der Waals surface area contributed by atoms with Crippen LogP contribution in [-0.4, -0.2) is 33.6 Å². The molecule has 1 aliphatic rings. The number of para-hydroxylation sites is 1. The molecule has 3 rings (SSSR count). The van der Waals surface area contributed by atoms with Gasteiger partial charge in [-0.1, -0.05) is 29.8 Å². The van der Waals surface area contributed by atoms with E-state index in [1.807, 2.05) is 0 Å². The summed E-state index contributed by atoms with van der Waals surface area (Å²) >= 11 is 6.50. The number of halogens is 2. The number of aromatic hydroxyl groups is 1. The van der Waals surface area contributed by atoms with E-state index < -0.39 is 29.4 Å². The molecule has 1 aliphatic heterocycles. The summed E-state index contributed by atoms with van der Waals surface area (Å²) in [5, 5.41) is 11.2. The quantitative estimate of drug-likeness (QED) is 0.753. The number of rotatable bonds is 4. The first-order chi connectivity index (χ1) is 12.8. The molecule has 0 saturated carbocycles. The van der Waals surface area contributed by atoms with Gasteiger partial charge in [0.2, 0.25) is 5.91 Å². The lowest BCUT2D eigenvalue weighted by Crippen LogP contribution is -2.36. The van der Waals surface area contributed by atoms with Crippen molar-refractivity contribution >= 4 is 52.2 Å². The molecule has 9 heteroatoms. The minimum atomic E-state index is -0.698. The van der Waals surface area contributed by atoms with E-state index in [1.54, 1.807) is 6.07 Å². The van der Waals surface area contributed by atoms with E-state index in [1.165, 1.54) is 42.5 Å². The maximum atomic E-state index is 13.6. The highest BCUT2D eigenvalue weighted by molar-refractivity contribution is 8.18. The molecule has 0 unspecified atom stereocenters. The van der Waals surface area contributed by atoms with E-state index in [9.17, 15) is 23.9 Å². The fourth-order valence-corrected chi connectivity index (χ4v) is 3.32. The van der Waals surface area contributed by atoms with Crippen LogP contribution < -0.4 is 5.32 Å². The van der Waals surface area contributed by atoms with Crippen molar-refractivity contribution in [2.24, 2.45) is 0 Å². The Balaban J connectivity index is 1.72. The van der Waals surface area contributed by atoms with Crippen LogP contribution in [0, 0.1) is 5.82 Å². The highest BCUT2D eigenvalue weighted by atomic mass is 35.5. The summed E-state index contributed by atoms with van der Waals surface area (Å²) in [5.74, 6) is -2.06. The minimum Gasteiger partial charge on any atom is -0.506 e. The van der Waals surface area contributed by atoms with Gasteiger partial charge in [-0.05, 0) is 47.7 Å². The summed E-state index contributed by atoms with van der Waals surface area (Å²) in [6.45, 7) is -0.535. The summed E-state index contributed by atoms with van der Waals surface area (Å²) in [7, 11) is 0. The van der Waals surface area contributed by atoms with Crippen LogP contribution in [0.3, 0.4) is 0 Å². The number of anilines is 1. The van der Waals surface area contributed by atoms with Crippen LogP contribution in [0.25, 0.3) is 6.08 Å². The predicted molar refractivity (Wildman–Crippen MR) is 101 cm³/mol. The third-order valence-electron chi connectivity index (χ3n) is 3.59. The van der Waals surface area contributed by atoms with Gasteiger partial charge in [-0.25, -0.2) is 4.39 Å². The van der Waals surface area contributed by atoms with E-state index in [-0.39, 0.29) is 21.4 Å². The van der Waals surface area contributed by atoms with Crippen molar-refractivity contribution in [1.29, 1.82) is 0 Å². The van der Waals surface area contributed by atoms with Crippen molar-refractivity contribution in [3.05, 3.63) is 63.8 Å². The van der Waals surface area contributed by atoms with E-state index in [4.69, 9.17) is 11.6 Å². The van der Waals surface area contributed by atoms with Gasteiger partial charge in [0.05, 0.1) is 15.6 Å². The summed E-state index contributed by atoms with van der Waals surface area (Å²) in [6, 6.07) is 9.90. The molecular weight excluding hydrogens is 395 g/mol. The number of phenols is 1. The van der Waals surface area contributed by atoms with Gasteiger partial charge in [-0.2, -0.15) is 0 Å². The molecule has 1 saturated heterocycles. The number of amides is 3. The van der Waals surface area contributed by atoms with Crippen LogP contribution in [0.4, 0.5) is 14.9 Å². The molecule has 27 heavy (non-hydrogen) atoms. The lowest BCUT2D eigenvalue weighted by atomic mass is 10.2. The van der Waals surface area contributed by atoms with Crippen molar-refractivity contribution in [2.45, 2.75) is 0 Å². The van der Waals surface area contributed by atoms with Gasteiger partial charge in [-0.15, -0.1) is 0 Å². The van der Waals surface area contributed by atoms with Crippen LogP contribution in [0.1, 0.15) is 5.56 Å². The zero-order chi connectivity index (χ0) is 19.6. The second-order valence-electron chi connectivity index (χ2n) is 5.51. The molecule has 1 heterocycles. The maximum absolute atomic E-state index is 13.6. The standard InChI is InChI=1S/C18H12ClFN2O4S/c19-11-7-10(5-6-14(11)23)8-15-17(25)22(18(26)27-15)9-16(24)21-13-4-2-1-3-12(13)20/h1-8,23H,9H2,(H,21,24)/b15-8-. The predicted octanol–water partition coefficient (Wildman–Crippen LogP) is 3.86. The Bertz CT molecular complexity index is 980. The smallest absolute Gasteiger partial charge is 0.294 e. The molecular formula is C18H12ClFN2O4S. The zero-order valence-corrected chi connectivity index (χ0v) is 15.2. The SMILES string of the molecule is O=C(CN1C(=O)S/C(=C\c2ccc(O)c(Cl)c2)C1=O)Nc1ccccc1F. The van der Waals surface area contributed by atoms with Crippen LogP contribution in [0.2, 0.25) is 5.02 Å². The van der Waals surface area contributed by atoms with Gasteiger partial charge >= 0.3 is 0 Å². The van der Waals surface area contributed by atoms with Crippen molar-refractivity contribution < 1.29 is 23.9 Å². The van der Waals surface area contributed by atoms with E-state index >= 15 is 0 Å². The minimum absolute atomic E-state index is 0.0382. The second kappa shape index (κ2) is 7.81. The molecule has 138 valence electrons. The molecule has 0 bridgehead atoms. The second-order valence-corrected chi connectivity index (χ2v) is 6.91. The lowest BCUT2D eigenvalue weighted by Gasteiger charge is -2.12. The first-order valence-corrected chi connectivity index (χ1v) is 8.83. The van der Waals surface area contributed by atoms with Gasteiger partial charge in [0, 0.05) is 0 Å². The third kappa shape index (κ3) is 4.29. The van der Waals surface area contributed by atoms with Crippen molar-refractivity contribution in [1.82, 2.24) is 4.90 Å². The maximum Gasteiger partial charge on any atom is 0.294 e. The first kappa shape index (κ1) is 18.9. The number of hydrogen-bond acceptors (Lipinski definition) is 5. The van der Waals surface area contributed by atoms with Gasteiger partial charge in [0.25, 0.3) is 11.1 Å². The van der Waals surface area contributed by atoms with Crippen LogP contribution >= 0.6 is 23.4 Å². The van der Waals surface area contributed by atoms with Gasteiger partial charge < -0.3 is 10.4 Å². The molecule has 0 aliphatic carbocycles. The van der Waals surface area contributed by atoms with Gasteiger partial charge in [-0.3, -0.25) is 19.3 Å². The summed E-state index contributed by atoms with van der Waals surface area (Å²) in [6.07, 6.45) is 1.44. The van der Waals surface area contributed by atoms with Gasteiger partial charge in [0.1, 0.15) is 18.1 Å². The Morgan fingerprint density at radius 3 is 2.70 bits per heavy atom. The van der Waals surface area contributed by atoms with Crippen LogP contribution in [0.15, 0.2) is 47.4 Å². The van der Waals surface area contributed by atoms with E-state index in [0.29, 0.717) is 17.3 Å².